The zero-order chi connectivity index (χ0) is 12.1. The average molecular weight is 299 g/mol. The summed E-state index contributed by atoms with van der Waals surface area (Å²) in [6.45, 7) is 2.05. The minimum Gasteiger partial charge on any atom is -0.465 e. The Morgan fingerprint density at radius 2 is 2.12 bits per heavy atom. The van der Waals surface area contributed by atoms with E-state index in [9.17, 15) is 4.79 Å². The maximum absolute atomic E-state index is 11.3. The Balaban J connectivity index is 0.00000256. The first-order chi connectivity index (χ1) is 7.54. The summed E-state index contributed by atoms with van der Waals surface area (Å²) in [6, 6.07) is 4.35. The number of ether oxygens (including phenoxy) is 1. The van der Waals surface area contributed by atoms with Gasteiger partial charge in [-0.3, -0.25) is 4.79 Å². The van der Waals surface area contributed by atoms with Gasteiger partial charge in [0.05, 0.1) is 6.61 Å². The quantitative estimate of drug-likeness (QED) is 0.870. The topological polar surface area (TPSA) is 52.3 Å². The van der Waals surface area contributed by atoms with E-state index >= 15 is 0 Å². The highest BCUT2D eigenvalue weighted by molar-refractivity contribution is 6.33. The number of halogens is 3. The number of esters is 1. The molecule has 0 aromatic heterocycles. The molecule has 2 N–H and O–H groups in total. The van der Waals surface area contributed by atoms with E-state index in [1.165, 1.54) is 0 Å². The summed E-state index contributed by atoms with van der Waals surface area (Å²) in [5, 5.41) is 1.11. The summed E-state index contributed by atoms with van der Waals surface area (Å²) >= 11 is 11.8. The van der Waals surface area contributed by atoms with Crippen molar-refractivity contribution in [3.63, 3.8) is 0 Å². The summed E-state index contributed by atoms with van der Waals surface area (Å²) in [5.41, 5.74) is 6.42. The summed E-state index contributed by atoms with van der Waals surface area (Å²) in [4.78, 5) is 11.3. The molecule has 0 aliphatic heterocycles. The Kier molecular flexibility index (Phi) is 7.55. The number of hydrogen-bond donors (Lipinski definition) is 1. The van der Waals surface area contributed by atoms with Gasteiger partial charge in [-0.25, -0.2) is 0 Å². The number of rotatable bonds is 4. The molecule has 1 rings (SSSR count). The van der Waals surface area contributed by atoms with Crippen molar-refractivity contribution in [1.82, 2.24) is 0 Å². The van der Waals surface area contributed by atoms with Crippen LogP contribution in [0.2, 0.25) is 10.0 Å². The predicted molar refractivity (Wildman–Crippen MR) is 72.0 cm³/mol. The van der Waals surface area contributed by atoms with Crippen LogP contribution in [0.5, 0.6) is 0 Å². The van der Waals surface area contributed by atoms with Gasteiger partial charge in [0.2, 0.25) is 0 Å². The summed E-state index contributed by atoms with van der Waals surface area (Å²) < 4.78 is 4.81. The van der Waals surface area contributed by atoms with Crippen molar-refractivity contribution < 1.29 is 9.53 Å². The van der Waals surface area contributed by atoms with Crippen molar-refractivity contribution in [2.24, 2.45) is 5.73 Å². The van der Waals surface area contributed by atoms with Crippen LogP contribution in [0, 0.1) is 0 Å². The van der Waals surface area contributed by atoms with E-state index in [4.69, 9.17) is 33.7 Å². The first-order valence-corrected chi connectivity index (χ1v) is 5.66. The molecule has 0 unspecified atom stereocenters. The van der Waals surface area contributed by atoms with E-state index < -0.39 is 12.0 Å². The summed E-state index contributed by atoms with van der Waals surface area (Å²) in [5.74, 6) is -0.432. The Morgan fingerprint density at radius 3 is 2.71 bits per heavy atom. The maximum atomic E-state index is 11.3. The lowest BCUT2D eigenvalue weighted by molar-refractivity contribution is -0.144. The van der Waals surface area contributed by atoms with Crippen molar-refractivity contribution in [2.75, 3.05) is 6.61 Å². The fourth-order valence-electron chi connectivity index (χ4n) is 1.27. The average Bonchev–Trinajstić information content (AvgIpc) is 2.23. The zero-order valence-electron chi connectivity index (χ0n) is 9.28. The van der Waals surface area contributed by atoms with Crippen molar-refractivity contribution in [2.45, 2.75) is 19.4 Å². The van der Waals surface area contributed by atoms with Crippen molar-refractivity contribution in [1.29, 1.82) is 0 Å². The largest absolute Gasteiger partial charge is 0.465 e. The molecule has 0 saturated carbocycles. The molecule has 0 heterocycles. The van der Waals surface area contributed by atoms with Gasteiger partial charge in [-0.1, -0.05) is 23.2 Å². The maximum Gasteiger partial charge on any atom is 0.323 e. The molecular formula is C11H14Cl3NO2. The summed E-state index contributed by atoms with van der Waals surface area (Å²) in [7, 11) is 0. The van der Waals surface area contributed by atoms with Gasteiger partial charge in [0, 0.05) is 10.0 Å². The van der Waals surface area contributed by atoms with Gasteiger partial charge in [0.1, 0.15) is 6.04 Å². The Bertz CT molecular complexity index is 385. The van der Waals surface area contributed by atoms with E-state index in [-0.39, 0.29) is 12.4 Å². The first-order valence-electron chi connectivity index (χ1n) is 4.90. The molecule has 96 valence electrons. The normalized spacial score (nSPS) is 11.5. The van der Waals surface area contributed by atoms with E-state index in [0.717, 1.165) is 5.56 Å². The molecular weight excluding hydrogens is 284 g/mol. The second-order valence-corrected chi connectivity index (χ2v) is 4.14. The fraction of sp³-hybridized carbons (Fsp3) is 0.364. The second-order valence-electron chi connectivity index (χ2n) is 3.30. The Morgan fingerprint density at radius 1 is 1.47 bits per heavy atom. The van der Waals surface area contributed by atoms with Crippen LogP contribution in [-0.4, -0.2) is 18.6 Å². The zero-order valence-corrected chi connectivity index (χ0v) is 11.6. The molecule has 0 aliphatic rings. The highest BCUT2D eigenvalue weighted by atomic mass is 35.5. The SMILES string of the molecule is CCOC(=O)[C@H](N)Cc1cc(Cl)ccc1Cl.Cl. The monoisotopic (exact) mass is 297 g/mol. The van der Waals surface area contributed by atoms with Gasteiger partial charge < -0.3 is 10.5 Å². The lowest BCUT2D eigenvalue weighted by Crippen LogP contribution is -2.34. The molecule has 1 aromatic rings. The van der Waals surface area contributed by atoms with Crippen LogP contribution in [-0.2, 0) is 16.0 Å². The molecule has 0 fully saturated rings. The van der Waals surface area contributed by atoms with Crippen LogP contribution in [0.15, 0.2) is 18.2 Å². The van der Waals surface area contributed by atoms with E-state index in [1.54, 1.807) is 25.1 Å². The Hall–Kier alpha value is -0.480. The molecule has 0 aliphatic carbocycles. The highest BCUT2D eigenvalue weighted by Crippen LogP contribution is 2.21. The molecule has 0 spiro atoms. The van der Waals surface area contributed by atoms with Gasteiger partial charge in [0.25, 0.3) is 0 Å². The third-order valence-corrected chi connectivity index (χ3v) is 2.64. The minimum atomic E-state index is -0.712. The van der Waals surface area contributed by atoms with E-state index in [1.807, 2.05) is 0 Å². The van der Waals surface area contributed by atoms with Gasteiger partial charge in [0.15, 0.2) is 0 Å². The molecule has 0 radical (unpaired) electrons. The van der Waals surface area contributed by atoms with Gasteiger partial charge >= 0.3 is 5.97 Å². The first kappa shape index (κ1) is 16.5. The van der Waals surface area contributed by atoms with E-state index in [0.29, 0.717) is 23.1 Å². The van der Waals surface area contributed by atoms with Crippen LogP contribution in [0.3, 0.4) is 0 Å². The number of hydrogen-bond acceptors (Lipinski definition) is 3. The summed E-state index contributed by atoms with van der Waals surface area (Å²) in [6.07, 6.45) is 0.318. The molecule has 6 heteroatoms. The molecule has 0 saturated heterocycles. The highest BCUT2D eigenvalue weighted by Gasteiger charge is 2.16. The molecule has 17 heavy (non-hydrogen) atoms. The van der Waals surface area contributed by atoms with Crippen LogP contribution < -0.4 is 5.73 Å². The van der Waals surface area contributed by atoms with Crippen molar-refractivity contribution in [3.8, 4) is 0 Å². The van der Waals surface area contributed by atoms with Gasteiger partial charge in [-0.05, 0) is 37.1 Å². The van der Waals surface area contributed by atoms with Crippen molar-refractivity contribution in [3.05, 3.63) is 33.8 Å². The van der Waals surface area contributed by atoms with Crippen LogP contribution in [0.25, 0.3) is 0 Å². The minimum absolute atomic E-state index is 0. The number of carbonyl (C=O) groups is 1. The third-order valence-electron chi connectivity index (χ3n) is 2.04. The second kappa shape index (κ2) is 7.77. The molecule has 0 amide bonds. The van der Waals surface area contributed by atoms with Crippen LogP contribution in [0.4, 0.5) is 0 Å². The molecule has 1 atom stereocenters. The molecule has 0 bridgehead atoms. The van der Waals surface area contributed by atoms with Gasteiger partial charge in [-0.15, -0.1) is 12.4 Å². The molecule has 3 nitrogen and oxygen atoms in total. The number of benzene rings is 1. The van der Waals surface area contributed by atoms with Crippen LogP contribution >= 0.6 is 35.6 Å². The number of nitrogens with two attached hydrogens (primary N) is 1. The van der Waals surface area contributed by atoms with Crippen molar-refractivity contribution >= 4 is 41.6 Å². The van der Waals surface area contributed by atoms with Crippen LogP contribution in [0.1, 0.15) is 12.5 Å². The van der Waals surface area contributed by atoms with Gasteiger partial charge in [-0.2, -0.15) is 0 Å². The standard InChI is InChI=1S/C11H13Cl2NO2.ClH/c1-2-16-11(15)10(14)6-7-5-8(12)3-4-9(7)13;/h3-5,10H,2,6,14H2,1H3;1H/t10-;/m1./s1. The Labute approximate surface area is 117 Å². The third kappa shape index (κ3) is 5.13. The fourth-order valence-corrected chi connectivity index (χ4v) is 1.66. The lowest BCUT2D eigenvalue weighted by Gasteiger charge is -2.11. The lowest BCUT2D eigenvalue weighted by atomic mass is 10.1. The smallest absolute Gasteiger partial charge is 0.323 e. The number of carbonyl (C=O) groups excluding carboxylic acids is 1. The molecule has 1 aromatic carbocycles. The predicted octanol–water partition coefficient (Wildman–Crippen LogP) is 2.85. The van der Waals surface area contributed by atoms with E-state index in [2.05, 4.69) is 0 Å².